The lowest BCUT2D eigenvalue weighted by Gasteiger charge is -2.36. The van der Waals surface area contributed by atoms with Crippen molar-refractivity contribution >= 4 is 15.9 Å². The highest BCUT2D eigenvalue weighted by Gasteiger charge is 2.33. The first kappa shape index (κ1) is 14.6. The van der Waals surface area contributed by atoms with Gasteiger partial charge in [-0.15, -0.1) is 0 Å². The second kappa shape index (κ2) is 6.11. The molecule has 1 aliphatic rings. The van der Waals surface area contributed by atoms with Gasteiger partial charge in [0.25, 0.3) is 0 Å². The number of rotatable bonds is 6. The number of benzene rings is 1. The van der Waals surface area contributed by atoms with Gasteiger partial charge in [-0.2, -0.15) is 0 Å². The van der Waals surface area contributed by atoms with E-state index in [-0.39, 0.29) is 0 Å². The first-order chi connectivity index (χ1) is 9.08. The molecule has 19 heavy (non-hydrogen) atoms. The molecule has 1 aliphatic carbocycles. The molecule has 2 N–H and O–H groups in total. The Hall–Kier alpha value is -0.780. The Bertz CT molecular complexity index is 447. The number of halogens is 1. The molecule has 1 aromatic carbocycles. The highest BCUT2D eigenvalue weighted by atomic mass is 79.9. The molecule has 0 aromatic heterocycles. The van der Waals surface area contributed by atoms with Gasteiger partial charge in [0, 0.05) is 13.1 Å². The van der Waals surface area contributed by atoms with Crippen molar-refractivity contribution in [3.8, 4) is 11.5 Å². The molecule has 0 unspecified atom stereocenters. The molecule has 0 radical (unpaired) electrons. The molecule has 1 saturated carbocycles. The third kappa shape index (κ3) is 3.41. The molecule has 0 heterocycles. The van der Waals surface area contributed by atoms with Crippen LogP contribution in [-0.2, 0) is 6.54 Å². The predicted molar refractivity (Wildman–Crippen MR) is 77.8 cm³/mol. The molecule has 0 bridgehead atoms. The van der Waals surface area contributed by atoms with Crippen LogP contribution in [0.25, 0.3) is 0 Å². The Balaban J connectivity index is 1.98. The average Bonchev–Trinajstić information content (AvgIpc) is 2.36. The third-order valence-electron chi connectivity index (χ3n) is 3.56. The lowest BCUT2D eigenvalue weighted by molar-refractivity contribution is -0.0314. The van der Waals surface area contributed by atoms with Crippen LogP contribution in [0.1, 0.15) is 24.8 Å². The molecule has 0 spiro atoms. The molecule has 0 aliphatic heterocycles. The summed E-state index contributed by atoms with van der Waals surface area (Å²) >= 11 is 3.47. The highest BCUT2D eigenvalue weighted by molar-refractivity contribution is 9.10. The summed E-state index contributed by atoms with van der Waals surface area (Å²) in [5.41, 5.74) is 0.598. The Morgan fingerprint density at radius 3 is 2.58 bits per heavy atom. The zero-order chi connectivity index (χ0) is 13.9. The van der Waals surface area contributed by atoms with Crippen molar-refractivity contribution in [1.29, 1.82) is 0 Å². The van der Waals surface area contributed by atoms with Crippen LogP contribution in [0.4, 0.5) is 0 Å². The minimum Gasteiger partial charge on any atom is -0.493 e. The van der Waals surface area contributed by atoms with Gasteiger partial charge < -0.3 is 19.9 Å². The minimum atomic E-state index is -0.492. The van der Waals surface area contributed by atoms with Crippen molar-refractivity contribution in [1.82, 2.24) is 5.32 Å². The van der Waals surface area contributed by atoms with E-state index in [1.807, 2.05) is 12.1 Å². The van der Waals surface area contributed by atoms with Crippen LogP contribution in [0.5, 0.6) is 11.5 Å². The van der Waals surface area contributed by atoms with E-state index in [9.17, 15) is 5.11 Å². The number of methoxy groups -OCH3 is 2. The van der Waals surface area contributed by atoms with E-state index in [0.29, 0.717) is 24.6 Å². The topological polar surface area (TPSA) is 50.7 Å². The highest BCUT2D eigenvalue weighted by Crippen LogP contribution is 2.36. The number of nitrogens with one attached hydrogen (secondary N) is 1. The summed E-state index contributed by atoms with van der Waals surface area (Å²) in [6, 6.07) is 3.95. The lowest BCUT2D eigenvalue weighted by atomic mass is 9.80. The van der Waals surface area contributed by atoms with Crippen LogP contribution >= 0.6 is 15.9 Å². The Morgan fingerprint density at radius 1 is 1.32 bits per heavy atom. The van der Waals surface area contributed by atoms with E-state index in [2.05, 4.69) is 21.2 Å². The molecular formula is C14H20BrNO3. The molecule has 0 amide bonds. The molecule has 5 heteroatoms. The lowest BCUT2D eigenvalue weighted by Crippen LogP contribution is -2.45. The Labute approximate surface area is 122 Å². The second-order valence-electron chi connectivity index (χ2n) is 4.99. The first-order valence-corrected chi connectivity index (χ1v) is 7.21. The van der Waals surface area contributed by atoms with E-state index in [4.69, 9.17) is 9.47 Å². The maximum absolute atomic E-state index is 10.0. The second-order valence-corrected chi connectivity index (χ2v) is 5.85. The van der Waals surface area contributed by atoms with E-state index in [0.717, 1.165) is 29.3 Å². The van der Waals surface area contributed by atoms with E-state index in [1.165, 1.54) is 0 Å². The number of aliphatic hydroxyl groups is 1. The van der Waals surface area contributed by atoms with Crippen molar-refractivity contribution in [3.63, 3.8) is 0 Å². The number of hydrogen-bond donors (Lipinski definition) is 2. The van der Waals surface area contributed by atoms with Crippen LogP contribution in [0.2, 0.25) is 0 Å². The molecule has 106 valence electrons. The SMILES string of the molecule is COc1cc(CNCC2(O)CCC2)cc(Br)c1OC. The molecular weight excluding hydrogens is 310 g/mol. The summed E-state index contributed by atoms with van der Waals surface area (Å²) in [5.74, 6) is 1.40. The smallest absolute Gasteiger partial charge is 0.174 e. The summed E-state index contributed by atoms with van der Waals surface area (Å²) < 4.78 is 11.4. The van der Waals surface area contributed by atoms with Crippen LogP contribution in [-0.4, -0.2) is 31.5 Å². The molecule has 1 fully saturated rings. The Morgan fingerprint density at radius 2 is 2.05 bits per heavy atom. The van der Waals surface area contributed by atoms with Crippen molar-refractivity contribution in [3.05, 3.63) is 22.2 Å². The van der Waals surface area contributed by atoms with Crippen LogP contribution < -0.4 is 14.8 Å². The quantitative estimate of drug-likeness (QED) is 0.841. The van der Waals surface area contributed by atoms with Crippen LogP contribution in [0.15, 0.2) is 16.6 Å². The van der Waals surface area contributed by atoms with Crippen molar-refractivity contribution in [2.24, 2.45) is 0 Å². The van der Waals surface area contributed by atoms with Gasteiger partial charge in [0.15, 0.2) is 11.5 Å². The predicted octanol–water partition coefficient (Wildman–Crippen LogP) is 2.47. The standard InChI is InChI=1S/C14H20BrNO3/c1-18-12-7-10(6-11(15)13(12)19-2)8-16-9-14(17)4-3-5-14/h6-7,16-17H,3-5,8-9H2,1-2H3. The zero-order valence-electron chi connectivity index (χ0n) is 11.3. The molecule has 0 saturated heterocycles. The minimum absolute atomic E-state index is 0.492. The van der Waals surface area contributed by atoms with Gasteiger partial charge in [0.05, 0.1) is 24.3 Å². The normalized spacial score (nSPS) is 16.8. The third-order valence-corrected chi connectivity index (χ3v) is 4.15. The fourth-order valence-corrected chi connectivity index (χ4v) is 2.93. The maximum Gasteiger partial charge on any atom is 0.174 e. The van der Waals surface area contributed by atoms with Gasteiger partial charge in [-0.05, 0) is 52.9 Å². The molecule has 2 rings (SSSR count). The molecule has 1 aromatic rings. The van der Waals surface area contributed by atoms with Crippen molar-refractivity contribution in [2.75, 3.05) is 20.8 Å². The number of ether oxygens (including phenoxy) is 2. The van der Waals surface area contributed by atoms with Crippen molar-refractivity contribution < 1.29 is 14.6 Å². The first-order valence-electron chi connectivity index (χ1n) is 6.41. The van der Waals surface area contributed by atoms with E-state index >= 15 is 0 Å². The van der Waals surface area contributed by atoms with Gasteiger partial charge in [0.1, 0.15) is 0 Å². The fourth-order valence-electron chi connectivity index (χ4n) is 2.27. The monoisotopic (exact) mass is 329 g/mol. The largest absolute Gasteiger partial charge is 0.493 e. The molecule has 0 atom stereocenters. The summed E-state index contributed by atoms with van der Waals surface area (Å²) in [5, 5.41) is 13.3. The maximum atomic E-state index is 10.0. The average molecular weight is 330 g/mol. The summed E-state index contributed by atoms with van der Waals surface area (Å²) in [6.45, 7) is 1.33. The summed E-state index contributed by atoms with van der Waals surface area (Å²) in [4.78, 5) is 0. The van der Waals surface area contributed by atoms with Crippen molar-refractivity contribution in [2.45, 2.75) is 31.4 Å². The number of hydrogen-bond acceptors (Lipinski definition) is 4. The fraction of sp³-hybridized carbons (Fsp3) is 0.571. The van der Waals surface area contributed by atoms with E-state index in [1.54, 1.807) is 14.2 Å². The van der Waals surface area contributed by atoms with Crippen LogP contribution in [0.3, 0.4) is 0 Å². The van der Waals surface area contributed by atoms with Gasteiger partial charge in [0.2, 0.25) is 0 Å². The van der Waals surface area contributed by atoms with Gasteiger partial charge >= 0.3 is 0 Å². The van der Waals surface area contributed by atoms with E-state index < -0.39 is 5.60 Å². The molecule has 4 nitrogen and oxygen atoms in total. The summed E-state index contributed by atoms with van der Waals surface area (Å²) in [7, 11) is 3.24. The van der Waals surface area contributed by atoms with Gasteiger partial charge in [-0.1, -0.05) is 0 Å². The van der Waals surface area contributed by atoms with Crippen LogP contribution in [0, 0.1) is 0 Å². The summed E-state index contributed by atoms with van der Waals surface area (Å²) in [6.07, 6.45) is 2.92. The van der Waals surface area contributed by atoms with Gasteiger partial charge in [-0.25, -0.2) is 0 Å². The van der Waals surface area contributed by atoms with Gasteiger partial charge in [-0.3, -0.25) is 0 Å². The zero-order valence-corrected chi connectivity index (χ0v) is 12.9. The Kier molecular flexibility index (Phi) is 4.71.